The van der Waals surface area contributed by atoms with Gasteiger partial charge in [-0.15, -0.1) is 0 Å². The molecule has 24 heavy (non-hydrogen) atoms. The van der Waals surface area contributed by atoms with E-state index in [1.165, 1.54) is 0 Å². The van der Waals surface area contributed by atoms with Crippen LogP contribution in [0, 0.1) is 11.6 Å². The summed E-state index contributed by atoms with van der Waals surface area (Å²) < 4.78 is 31.2. The van der Waals surface area contributed by atoms with Crippen LogP contribution in [0.4, 0.5) is 8.78 Å². The molecule has 0 aliphatic heterocycles. The topological polar surface area (TPSA) is 55.4 Å². The molecule has 0 atom stereocenters. The van der Waals surface area contributed by atoms with Crippen molar-refractivity contribution in [2.45, 2.75) is 13.0 Å². The monoisotopic (exact) mass is 353 g/mol. The van der Waals surface area contributed by atoms with Gasteiger partial charge in [0.05, 0.1) is 12.0 Å². The Bertz CT molecular complexity index is 752. The second-order valence-electron chi connectivity index (χ2n) is 4.88. The number of carbonyl (C=O) groups is 2. The summed E-state index contributed by atoms with van der Waals surface area (Å²) in [5, 5.41) is 2.86. The summed E-state index contributed by atoms with van der Waals surface area (Å²) in [4.78, 5) is 23.4. The zero-order chi connectivity index (χ0) is 17.5. The second kappa shape index (κ2) is 8.40. The third kappa shape index (κ3) is 5.03. The van der Waals surface area contributed by atoms with Gasteiger partial charge in [-0.3, -0.25) is 9.59 Å². The van der Waals surface area contributed by atoms with E-state index < -0.39 is 23.5 Å². The molecule has 0 bridgehead atoms. The molecule has 1 amide bonds. The first-order chi connectivity index (χ1) is 11.5. The lowest BCUT2D eigenvalue weighted by molar-refractivity contribution is -0.144. The molecule has 0 aliphatic rings. The molecule has 126 valence electrons. The number of hydrogen-bond donors (Lipinski definition) is 1. The first-order valence-corrected chi connectivity index (χ1v) is 7.47. The standard InChI is InChI=1S/C17H14ClF2NO3/c18-14-4-2-1-3-11(14)10-24-16(22)7-8-21-17(23)13-6-5-12(19)9-15(13)20/h1-6,9H,7-8,10H2,(H,21,23). The van der Waals surface area contributed by atoms with E-state index in [-0.39, 0.29) is 25.1 Å². The SMILES string of the molecule is O=C(CCNC(=O)c1ccc(F)cc1F)OCc1ccccc1Cl. The van der Waals surface area contributed by atoms with Gasteiger partial charge in [-0.05, 0) is 18.2 Å². The Balaban J connectivity index is 1.76. The molecule has 0 spiro atoms. The average Bonchev–Trinajstić information content (AvgIpc) is 2.54. The van der Waals surface area contributed by atoms with E-state index in [0.717, 1.165) is 12.1 Å². The maximum atomic E-state index is 13.4. The smallest absolute Gasteiger partial charge is 0.307 e. The van der Waals surface area contributed by atoms with Crippen LogP contribution in [0.25, 0.3) is 0 Å². The Morgan fingerprint density at radius 3 is 2.58 bits per heavy atom. The highest BCUT2D eigenvalue weighted by molar-refractivity contribution is 6.31. The van der Waals surface area contributed by atoms with Crippen molar-refractivity contribution in [2.75, 3.05) is 6.54 Å². The second-order valence-corrected chi connectivity index (χ2v) is 5.29. The van der Waals surface area contributed by atoms with Gasteiger partial charge in [0.1, 0.15) is 18.2 Å². The zero-order valence-corrected chi connectivity index (χ0v) is 13.3. The van der Waals surface area contributed by atoms with E-state index in [9.17, 15) is 18.4 Å². The molecule has 0 fully saturated rings. The van der Waals surface area contributed by atoms with Crippen molar-refractivity contribution in [1.29, 1.82) is 0 Å². The van der Waals surface area contributed by atoms with Crippen molar-refractivity contribution < 1.29 is 23.1 Å². The molecule has 0 unspecified atom stereocenters. The highest BCUT2D eigenvalue weighted by atomic mass is 35.5. The first-order valence-electron chi connectivity index (χ1n) is 7.09. The van der Waals surface area contributed by atoms with E-state index in [0.29, 0.717) is 16.7 Å². The average molecular weight is 354 g/mol. The molecule has 0 saturated heterocycles. The maximum absolute atomic E-state index is 13.4. The minimum atomic E-state index is -0.964. The summed E-state index contributed by atoms with van der Waals surface area (Å²) in [7, 11) is 0. The number of benzene rings is 2. The number of halogens is 3. The minimum absolute atomic E-state index is 0.0268. The Kier molecular flexibility index (Phi) is 6.26. The van der Waals surface area contributed by atoms with Gasteiger partial charge in [0.15, 0.2) is 0 Å². The lowest BCUT2D eigenvalue weighted by Crippen LogP contribution is -2.27. The van der Waals surface area contributed by atoms with Crippen LogP contribution in [-0.2, 0) is 16.1 Å². The highest BCUT2D eigenvalue weighted by Gasteiger charge is 2.13. The molecule has 0 aromatic heterocycles. The fraction of sp³-hybridized carbons (Fsp3) is 0.176. The number of hydrogen-bond acceptors (Lipinski definition) is 3. The van der Waals surface area contributed by atoms with Crippen LogP contribution in [0.1, 0.15) is 22.3 Å². The summed E-state index contributed by atoms with van der Waals surface area (Å²) >= 11 is 5.94. The summed E-state index contributed by atoms with van der Waals surface area (Å²) in [5.74, 6) is -3.00. The van der Waals surface area contributed by atoms with Gasteiger partial charge in [-0.2, -0.15) is 0 Å². The van der Waals surface area contributed by atoms with Gasteiger partial charge in [0, 0.05) is 23.2 Å². The third-order valence-electron chi connectivity index (χ3n) is 3.14. The van der Waals surface area contributed by atoms with Gasteiger partial charge in [0.2, 0.25) is 0 Å². The van der Waals surface area contributed by atoms with Crippen LogP contribution < -0.4 is 5.32 Å². The van der Waals surface area contributed by atoms with Crippen molar-refractivity contribution >= 4 is 23.5 Å². The van der Waals surface area contributed by atoms with Crippen molar-refractivity contribution in [3.8, 4) is 0 Å². The van der Waals surface area contributed by atoms with E-state index in [1.807, 2.05) is 0 Å². The predicted molar refractivity (Wildman–Crippen MR) is 84.6 cm³/mol. The Morgan fingerprint density at radius 1 is 1.12 bits per heavy atom. The van der Waals surface area contributed by atoms with E-state index in [4.69, 9.17) is 16.3 Å². The number of amides is 1. The lowest BCUT2D eigenvalue weighted by Gasteiger charge is -2.08. The molecule has 7 heteroatoms. The Hall–Kier alpha value is -2.47. The van der Waals surface area contributed by atoms with Gasteiger partial charge in [-0.25, -0.2) is 8.78 Å². The van der Waals surface area contributed by atoms with Crippen molar-refractivity contribution in [3.63, 3.8) is 0 Å². The predicted octanol–water partition coefficient (Wildman–Crippen LogP) is 3.48. The molecular formula is C17H14ClF2NO3. The van der Waals surface area contributed by atoms with E-state index in [1.54, 1.807) is 24.3 Å². The van der Waals surface area contributed by atoms with Crippen molar-refractivity contribution in [2.24, 2.45) is 0 Å². The molecule has 0 aliphatic carbocycles. The van der Waals surface area contributed by atoms with Gasteiger partial charge in [-0.1, -0.05) is 29.8 Å². The molecule has 1 N–H and O–H groups in total. The molecule has 2 aromatic rings. The zero-order valence-electron chi connectivity index (χ0n) is 12.5. The van der Waals surface area contributed by atoms with Crippen LogP contribution in [-0.4, -0.2) is 18.4 Å². The maximum Gasteiger partial charge on any atom is 0.307 e. The van der Waals surface area contributed by atoms with Crippen LogP contribution in [0.5, 0.6) is 0 Å². The molecule has 0 heterocycles. The fourth-order valence-electron chi connectivity index (χ4n) is 1.89. The number of carbonyl (C=O) groups excluding carboxylic acids is 2. The normalized spacial score (nSPS) is 10.3. The quantitative estimate of drug-likeness (QED) is 0.809. The molecule has 4 nitrogen and oxygen atoms in total. The minimum Gasteiger partial charge on any atom is -0.461 e. The molecular weight excluding hydrogens is 340 g/mol. The Labute approximate surface area is 142 Å². The molecule has 0 radical (unpaired) electrons. The van der Waals surface area contributed by atoms with Crippen molar-refractivity contribution in [3.05, 3.63) is 70.2 Å². The van der Waals surface area contributed by atoms with Crippen LogP contribution in [0.15, 0.2) is 42.5 Å². The van der Waals surface area contributed by atoms with Crippen LogP contribution >= 0.6 is 11.6 Å². The fourth-order valence-corrected chi connectivity index (χ4v) is 2.08. The number of nitrogens with one attached hydrogen (secondary N) is 1. The highest BCUT2D eigenvalue weighted by Crippen LogP contribution is 2.15. The number of ether oxygens (including phenoxy) is 1. The summed E-state index contributed by atoms with van der Waals surface area (Å²) in [6, 6.07) is 9.58. The number of esters is 1. The lowest BCUT2D eigenvalue weighted by atomic mass is 10.2. The summed E-state index contributed by atoms with van der Waals surface area (Å²) in [5.41, 5.74) is 0.380. The van der Waals surface area contributed by atoms with E-state index >= 15 is 0 Å². The van der Waals surface area contributed by atoms with Crippen LogP contribution in [0.3, 0.4) is 0 Å². The largest absolute Gasteiger partial charge is 0.461 e. The van der Waals surface area contributed by atoms with Gasteiger partial charge >= 0.3 is 5.97 Å². The molecule has 2 aromatic carbocycles. The van der Waals surface area contributed by atoms with Gasteiger partial charge < -0.3 is 10.1 Å². The van der Waals surface area contributed by atoms with E-state index in [2.05, 4.69) is 5.32 Å². The third-order valence-corrected chi connectivity index (χ3v) is 3.51. The first kappa shape index (κ1) is 17.9. The molecule has 2 rings (SSSR count). The van der Waals surface area contributed by atoms with Crippen LogP contribution in [0.2, 0.25) is 5.02 Å². The number of rotatable bonds is 6. The van der Waals surface area contributed by atoms with Gasteiger partial charge in [0.25, 0.3) is 5.91 Å². The summed E-state index contributed by atoms with van der Waals surface area (Å²) in [6.07, 6.45) is -0.0843. The Morgan fingerprint density at radius 2 is 1.88 bits per heavy atom. The summed E-state index contributed by atoms with van der Waals surface area (Å²) in [6.45, 7) is -0.00392. The molecule has 0 saturated carbocycles. The van der Waals surface area contributed by atoms with Crippen molar-refractivity contribution in [1.82, 2.24) is 5.32 Å².